The summed E-state index contributed by atoms with van der Waals surface area (Å²) < 4.78 is 6.74. The van der Waals surface area contributed by atoms with E-state index in [1.165, 1.54) is 11.1 Å². The zero-order valence-electron chi connectivity index (χ0n) is 11.2. The smallest absolute Gasteiger partial charge is 0.119 e. The Kier molecular flexibility index (Phi) is 4.61. The lowest BCUT2D eigenvalue weighted by molar-refractivity contribution is 0.290. The maximum Gasteiger partial charge on any atom is 0.119 e. The molecule has 0 aliphatic heterocycles. The Morgan fingerprint density at radius 2 is 1.74 bits per heavy atom. The molecule has 100 valence electrons. The summed E-state index contributed by atoms with van der Waals surface area (Å²) in [5, 5.41) is 0. The molecule has 3 heteroatoms. The molecule has 0 aliphatic carbocycles. The maximum atomic E-state index is 6.16. The standard InChI is InChI=1S/C16H18BrNO/c1-11-3-4-13(9-12(11)2)16(18)10-19-15-7-5-14(17)6-8-15/h3-9,16H,10,18H2,1-2H3. The summed E-state index contributed by atoms with van der Waals surface area (Å²) in [5.74, 6) is 0.836. The minimum atomic E-state index is -0.108. The van der Waals surface area contributed by atoms with Gasteiger partial charge in [-0.05, 0) is 54.8 Å². The maximum absolute atomic E-state index is 6.16. The van der Waals surface area contributed by atoms with Gasteiger partial charge in [-0.1, -0.05) is 34.1 Å². The predicted molar refractivity (Wildman–Crippen MR) is 82.5 cm³/mol. The molecule has 0 radical (unpaired) electrons. The van der Waals surface area contributed by atoms with E-state index in [9.17, 15) is 0 Å². The molecule has 0 saturated heterocycles. The number of rotatable bonds is 4. The van der Waals surface area contributed by atoms with E-state index in [0.29, 0.717) is 6.61 Å². The molecular weight excluding hydrogens is 302 g/mol. The van der Waals surface area contributed by atoms with E-state index in [0.717, 1.165) is 15.8 Å². The summed E-state index contributed by atoms with van der Waals surface area (Å²) in [6.07, 6.45) is 0. The Morgan fingerprint density at radius 1 is 1.05 bits per heavy atom. The SMILES string of the molecule is Cc1ccc(C(N)COc2ccc(Br)cc2)cc1C. The summed E-state index contributed by atoms with van der Waals surface area (Å²) in [5.41, 5.74) is 9.81. The molecule has 0 aromatic heterocycles. The first-order valence-electron chi connectivity index (χ1n) is 6.27. The summed E-state index contributed by atoms with van der Waals surface area (Å²) in [6, 6.07) is 14.0. The first-order valence-corrected chi connectivity index (χ1v) is 7.06. The van der Waals surface area contributed by atoms with Crippen LogP contribution in [0.5, 0.6) is 5.75 Å². The molecule has 0 spiro atoms. The van der Waals surface area contributed by atoms with Crippen LogP contribution in [0.1, 0.15) is 22.7 Å². The van der Waals surface area contributed by atoms with Gasteiger partial charge in [0.1, 0.15) is 12.4 Å². The second kappa shape index (κ2) is 6.22. The van der Waals surface area contributed by atoms with Gasteiger partial charge in [0, 0.05) is 4.47 Å². The van der Waals surface area contributed by atoms with Crippen molar-refractivity contribution in [3.8, 4) is 5.75 Å². The topological polar surface area (TPSA) is 35.2 Å². The highest BCUT2D eigenvalue weighted by Crippen LogP contribution is 2.19. The van der Waals surface area contributed by atoms with E-state index in [4.69, 9.17) is 10.5 Å². The van der Waals surface area contributed by atoms with Crippen molar-refractivity contribution >= 4 is 15.9 Å². The number of hydrogen-bond donors (Lipinski definition) is 1. The second-order valence-electron chi connectivity index (χ2n) is 4.72. The fraction of sp³-hybridized carbons (Fsp3) is 0.250. The highest BCUT2D eigenvalue weighted by Gasteiger charge is 2.08. The van der Waals surface area contributed by atoms with Crippen LogP contribution in [-0.2, 0) is 0 Å². The Hall–Kier alpha value is -1.32. The molecule has 0 amide bonds. The summed E-state index contributed by atoms with van der Waals surface area (Å²) >= 11 is 3.40. The Morgan fingerprint density at radius 3 is 2.37 bits per heavy atom. The molecule has 2 N–H and O–H groups in total. The molecule has 0 saturated carbocycles. The van der Waals surface area contributed by atoms with Crippen LogP contribution in [0.4, 0.5) is 0 Å². The third kappa shape index (κ3) is 3.82. The van der Waals surface area contributed by atoms with Gasteiger partial charge in [-0.25, -0.2) is 0 Å². The van der Waals surface area contributed by atoms with E-state index < -0.39 is 0 Å². The van der Waals surface area contributed by atoms with Gasteiger partial charge in [0.05, 0.1) is 6.04 Å². The predicted octanol–water partition coefficient (Wildman–Crippen LogP) is 4.14. The quantitative estimate of drug-likeness (QED) is 0.919. The second-order valence-corrected chi connectivity index (χ2v) is 5.63. The molecule has 2 nitrogen and oxygen atoms in total. The fourth-order valence-electron chi connectivity index (χ4n) is 1.81. The monoisotopic (exact) mass is 319 g/mol. The van der Waals surface area contributed by atoms with Crippen LogP contribution >= 0.6 is 15.9 Å². The Labute approximate surface area is 122 Å². The lowest BCUT2D eigenvalue weighted by Crippen LogP contribution is -2.19. The third-order valence-corrected chi connectivity index (χ3v) is 3.73. The molecule has 1 atom stereocenters. The van der Waals surface area contributed by atoms with E-state index >= 15 is 0 Å². The normalized spacial score (nSPS) is 12.2. The zero-order chi connectivity index (χ0) is 13.8. The van der Waals surface area contributed by atoms with E-state index in [1.807, 2.05) is 24.3 Å². The number of benzene rings is 2. The number of aryl methyl sites for hydroxylation is 2. The molecule has 2 aromatic carbocycles. The third-order valence-electron chi connectivity index (χ3n) is 3.20. The number of halogens is 1. The van der Waals surface area contributed by atoms with Gasteiger partial charge in [0.2, 0.25) is 0 Å². The largest absolute Gasteiger partial charge is 0.492 e. The Balaban J connectivity index is 1.98. The van der Waals surface area contributed by atoms with Crippen LogP contribution in [-0.4, -0.2) is 6.61 Å². The van der Waals surface area contributed by atoms with Crippen molar-refractivity contribution in [1.29, 1.82) is 0 Å². The zero-order valence-corrected chi connectivity index (χ0v) is 12.8. The minimum Gasteiger partial charge on any atom is -0.492 e. The first kappa shape index (κ1) is 14.1. The van der Waals surface area contributed by atoms with E-state index in [1.54, 1.807) is 0 Å². The fourth-order valence-corrected chi connectivity index (χ4v) is 2.07. The van der Waals surface area contributed by atoms with Gasteiger partial charge in [0.25, 0.3) is 0 Å². The molecule has 0 aliphatic rings. The Bertz CT molecular complexity index is 551. The van der Waals surface area contributed by atoms with Gasteiger partial charge in [-0.2, -0.15) is 0 Å². The van der Waals surface area contributed by atoms with E-state index in [-0.39, 0.29) is 6.04 Å². The van der Waals surface area contributed by atoms with Gasteiger partial charge < -0.3 is 10.5 Å². The molecule has 0 heterocycles. The van der Waals surface area contributed by atoms with Gasteiger partial charge >= 0.3 is 0 Å². The highest BCUT2D eigenvalue weighted by molar-refractivity contribution is 9.10. The van der Waals surface area contributed by atoms with Crippen LogP contribution in [0, 0.1) is 13.8 Å². The molecular formula is C16H18BrNO. The van der Waals surface area contributed by atoms with Crippen molar-refractivity contribution in [1.82, 2.24) is 0 Å². The van der Waals surface area contributed by atoms with Crippen molar-refractivity contribution in [2.24, 2.45) is 5.73 Å². The summed E-state index contributed by atoms with van der Waals surface area (Å²) in [4.78, 5) is 0. The molecule has 2 aromatic rings. The lowest BCUT2D eigenvalue weighted by atomic mass is 10.0. The first-order chi connectivity index (χ1) is 9.06. The molecule has 19 heavy (non-hydrogen) atoms. The minimum absolute atomic E-state index is 0.108. The molecule has 1 unspecified atom stereocenters. The van der Waals surface area contributed by atoms with Crippen molar-refractivity contribution in [3.63, 3.8) is 0 Å². The van der Waals surface area contributed by atoms with Crippen LogP contribution in [0.25, 0.3) is 0 Å². The van der Waals surface area contributed by atoms with Crippen molar-refractivity contribution in [2.75, 3.05) is 6.61 Å². The number of hydrogen-bond acceptors (Lipinski definition) is 2. The van der Waals surface area contributed by atoms with Crippen molar-refractivity contribution in [2.45, 2.75) is 19.9 Å². The van der Waals surface area contributed by atoms with Crippen LogP contribution in [0.3, 0.4) is 0 Å². The van der Waals surface area contributed by atoms with Crippen molar-refractivity contribution < 1.29 is 4.74 Å². The molecule has 0 bridgehead atoms. The lowest BCUT2D eigenvalue weighted by Gasteiger charge is -2.15. The van der Waals surface area contributed by atoms with E-state index in [2.05, 4.69) is 48.0 Å². The highest BCUT2D eigenvalue weighted by atomic mass is 79.9. The summed E-state index contributed by atoms with van der Waals surface area (Å²) in [7, 11) is 0. The number of nitrogens with two attached hydrogens (primary N) is 1. The average Bonchev–Trinajstić information content (AvgIpc) is 2.41. The van der Waals surface area contributed by atoms with Crippen LogP contribution < -0.4 is 10.5 Å². The number of ether oxygens (including phenoxy) is 1. The average molecular weight is 320 g/mol. The van der Waals surface area contributed by atoms with Crippen molar-refractivity contribution in [3.05, 3.63) is 63.6 Å². The molecule has 2 rings (SSSR count). The van der Waals surface area contributed by atoms with Gasteiger partial charge in [-0.15, -0.1) is 0 Å². The van der Waals surface area contributed by atoms with Gasteiger partial charge in [-0.3, -0.25) is 0 Å². The van der Waals surface area contributed by atoms with Gasteiger partial charge in [0.15, 0.2) is 0 Å². The summed E-state index contributed by atoms with van der Waals surface area (Å²) in [6.45, 7) is 4.67. The van der Waals surface area contributed by atoms with Crippen LogP contribution in [0.15, 0.2) is 46.9 Å². The van der Waals surface area contributed by atoms with Crippen LogP contribution in [0.2, 0.25) is 0 Å². The molecule has 0 fully saturated rings.